The van der Waals surface area contributed by atoms with Gasteiger partial charge in [0.2, 0.25) is 5.91 Å². The second-order valence-electron chi connectivity index (χ2n) is 5.49. The number of carbonyl (C=O) groups is 1. The van der Waals surface area contributed by atoms with Gasteiger partial charge in [-0.3, -0.25) is 4.79 Å². The maximum atomic E-state index is 12.5. The first-order valence-electron chi connectivity index (χ1n) is 7.01. The van der Waals surface area contributed by atoms with E-state index in [1.54, 1.807) is 17.7 Å². The van der Waals surface area contributed by atoms with Crippen molar-refractivity contribution in [1.29, 1.82) is 0 Å². The Hall–Kier alpha value is -1.69. The van der Waals surface area contributed by atoms with Crippen molar-refractivity contribution < 1.29 is 4.79 Å². The van der Waals surface area contributed by atoms with Crippen LogP contribution in [0, 0.1) is 0 Å². The third-order valence-corrected chi connectivity index (χ3v) is 5.29. The third kappa shape index (κ3) is 1.64. The number of anilines is 1. The zero-order chi connectivity index (χ0) is 13.7. The van der Waals surface area contributed by atoms with Crippen LogP contribution in [0.15, 0.2) is 17.8 Å². The summed E-state index contributed by atoms with van der Waals surface area (Å²) >= 11 is 1.64. The standard InChI is InChI=1S/C14H16N4OS/c1-9-14(19)17-5-2-3-10(17)7-18(9)13-12-11(4-6-20-12)15-8-16-13/h4,6,8-10H,2-3,5,7H2,1H3/t9-,10+/m1/s1. The van der Waals surface area contributed by atoms with E-state index in [0.29, 0.717) is 6.04 Å². The molecular weight excluding hydrogens is 272 g/mol. The molecule has 0 N–H and O–H groups in total. The quantitative estimate of drug-likeness (QED) is 0.804. The summed E-state index contributed by atoms with van der Waals surface area (Å²) in [5.41, 5.74) is 0.966. The predicted molar refractivity (Wildman–Crippen MR) is 79.0 cm³/mol. The van der Waals surface area contributed by atoms with Gasteiger partial charge in [0.1, 0.15) is 12.4 Å². The lowest BCUT2D eigenvalue weighted by molar-refractivity contribution is -0.134. The number of piperazine rings is 1. The Morgan fingerprint density at radius 3 is 3.15 bits per heavy atom. The van der Waals surface area contributed by atoms with Crippen molar-refractivity contribution in [1.82, 2.24) is 14.9 Å². The largest absolute Gasteiger partial charge is 0.342 e. The van der Waals surface area contributed by atoms with Crippen LogP contribution in [0.5, 0.6) is 0 Å². The fourth-order valence-electron chi connectivity index (χ4n) is 3.32. The zero-order valence-electron chi connectivity index (χ0n) is 11.3. The van der Waals surface area contributed by atoms with Gasteiger partial charge in [-0.25, -0.2) is 9.97 Å². The van der Waals surface area contributed by atoms with E-state index in [4.69, 9.17) is 0 Å². The molecule has 0 unspecified atom stereocenters. The fourth-order valence-corrected chi connectivity index (χ4v) is 4.17. The van der Waals surface area contributed by atoms with E-state index < -0.39 is 0 Å². The van der Waals surface area contributed by atoms with Gasteiger partial charge in [0.15, 0.2) is 5.82 Å². The van der Waals surface area contributed by atoms with Crippen LogP contribution >= 0.6 is 11.3 Å². The van der Waals surface area contributed by atoms with Crippen molar-refractivity contribution in [3.63, 3.8) is 0 Å². The van der Waals surface area contributed by atoms with Gasteiger partial charge < -0.3 is 9.80 Å². The molecule has 104 valence electrons. The summed E-state index contributed by atoms with van der Waals surface area (Å²) in [7, 11) is 0. The molecule has 20 heavy (non-hydrogen) atoms. The molecule has 2 fully saturated rings. The summed E-state index contributed by atoms with van der Waals surface area (Å²) in [6.45, 7) is 3.79. The summed E-state index contributed by atoms with van der Waals surface area (Å²) in [5.74, 6) is 1.15. The first-order chi connectivity index (χ1) is 9.75. The molecule has 4 heterocycles. The first-order valence-corrected chi connectivity index (χ1v) is 7.89. The van der Waals surface area contributed by atoms with Gasteiger partial charge in [-0.15, -0.1) is 11.3 Å². The second-order valence-corrected chi connectivity index (χ2v) is 6.40. The maximum Gasteiger partial charge on any atom is 0.245 e. The van der Waals surface area contributed by atoms with Gasteiger partial charge in [-0.05, 0) is 31.2 Å². The molecule has 6 heteroatoms. The average Bonchev–Trinajstić information content (AvgIpc) is 3.10. The number of aromatic nitrogens is 2. The Bertz CT molecular complexity index is 670. The van der Waals surface area contributed by atoms with Crippen LogP contribution in [0.2, 0.25) is 0 Å². The molecule has 1 amide bonds. The fraction of sp³-hybridized carbons (Fsp3) is 0.500. The molecule has 2 atom stereocenters. The van der Waals surface area contributed by atoms with E-state index in [9.17, 15) is 4.79 Å². The van der Waals surface area contributed by atoms with E-state index in [1.807, 2.05) is 23.3 Å². The van der Waals surface area contributed by atoms with E-state index in [-0.39, 0.29) is 11.9 Å². The van der Waals surface area contributed by atoms with Crippen LogP contribution in [-0.2, 0) is 4.79 Å². The number of nitrogens with zero attached hydrogens (tertiary/aromatic N) is 4. The molecule has 0 radical (unpaired) electrons. The van der Waals surface area contributed by atoms with Crippen LogP contribution in [0.25, 0.3) is 10.2 Å². The van der Waals surface area contributed by atoms with E-state index in [1.165, 1.54) is 0 Å². The van der Waals surface area contributed by atoms with Gasteiger partial charge in [0.25, 0.3) is 0 Å². The van der Waals surface area contributed by atoms with Crippen molar-refractivity contribution in [3.05, 3.63) is 17.8 Å². The monoisotopic (exact) mass is 288 g/mol. The van der Waals surface area contributed by atoms with Crippen LogP contribution < -0.4 is 4.90 Å². The van der Waals surface area contributed by atoms with E-state index >= 15 is 0 Å². The molecule has 0 bridgehead atoms. The number of carbonyl (C=O) groups excluding carboxylic acids is 1. The molecule has 0 saturated carbocycles. The van der Waals surface area contributed by atoms with Crippen LogP contribution in [0.4, 0.5) is 5.82 Å². The molecule has 4 rings (SSSR count). The minimum absolute atomic E-state index is 0.135. The normalized spacial score (nSPS) is 26.4. The molecule has 2 aromatic rings. The molecule has 2 aliphatic heterocycles. The summed E-state index contributed by atoms with van der Waals surface area (Å²) in [6, 6.07) is 2.22. The SMILES string of the molecule is C[C@@H]1C(=O)N2CCC[C@H]2CN1c1ncnc2ccsc12. The Morgan fingerprint density at radius 1 is 1.35 bits per heavy atom. The van der Waals surface area contributed by atoms with Crippen molar-refractivity contribution in [2.45, 2.75) is 31.8 Å². The van der Waals surface area contributed by atoms with Crippen LogP contribution in [0.1, 0.15) is 19.8 Å². The molecule has 2 saturated heterocycles. The smallest absolute Gasteiger partial charge is 0.245 e. The Labute approximate surface area is 121 Å². The minimum Gasteiger partial charge on any atom is -0.342 e. The van der Waals surface area contributed by atoms with Crippen LogP contribution in [0.3, 0.4) is 0 Å². The van der Waals surface area contributed by atoms with E-state index in [0.717, 1.165) is 42.0 Å². The molecule has 5 nitrogen and oxygen atoms in total. The van der Waals surface area contributed by atoms with Crippen LogP contribution in [-0.4, -0.2) is 45.9 Å². The van der Waals surface area contributed by atoms with Crippen molar-refractivity contribution >= 4 is 33.3 Å². The van der Waals surface area contributed by atoms with Gasteiger partial charge in [0, 0.05) is 19.1 Å². The lowest BCUT2D eigenvalue weighted by Gasteiger charge is -2.42. The van der Waals surface area contributed by atoms with Gasteiger partial charge in [-0.2, -0.15) is 0 Å². The molecule has 2 aliphatic rings. The Kier molecular flexibility index (Phi) is 2.66. The van der Waals surface area contributed by atoms with Crippen molar-refractivity contribution in [3.8, 4) is 0 Å². The summed E-state index contributed by atoms with van der Waals surface area (Å²) in [5, 5.41) is 2.03. The number of amides is 1. The lowest BCUT2D eigenvalue weighted by Crippen LogP contribution is -2.59. The zero-order valence-corrected chi connectivity index (χ0v) is 12.1. The number of fused-ring (bicyclic) bond motifs is 2. The molecular formula is C14H16N4OS. The topological polar surface area (TPSA) is 49.3 Å². The number of hydrogen-bond donors (Lipinski definition) is 0. The molecule has 0 spiro atoms. The number of thiophene rings is 1. The highest BCUT2D eigenvalue weighted by Crippen LogP contribution is 2.33. The maximum absolute atomic E-state index is 12.5. The summed E-state index contributed by atoms with van der Waals surface area (Å²) in [4.78, 5) is 25.5. The third-order valence-electron chi connectivity index (χ3n) is 4.39. The molecule has 0 aromatic carbocycles. The second kappa shape index (κ2) is 4.41. The summed E-state index contributed by atoms with van der Waals surface area (Å²) in [6.07, 6.45) is 3.82. The van der Waals surface area contributed by atoms with Gasteiger partial charge >= 0.3 is 0 Å². The number of rotatable bonds is 1. The highest BCUT2D eigenvalue weighted by molar-refractivity contribution is 7.17. The summed E-state index contributed by atoms with van der Waals surface area (Å²) < 4.78 is 1.08. The Morgan fingerprint density at radius 2 is 2.25 bits per heavy atom. The molecule has 2 aromatic heterocycles. The molecule has 0 aliphatic carbocycles. The van der Waals surface area contributed by atoms with Crippen molar-refractivity contribution in [2.75, 3.05) is 18.0 Å². The average molecular weight is 288 g/mol. The van der Waals surface area contributed by atoms with Gasteiger partial charge in [-0.1, -0.05) is 0 Å². The van der Waals surface area contributed by atoms with E-state index in [2.05, 4.69) is 14.9 Å². The van der Waals surface area contributed by atoms with Crippen molar-refractivity contribution in [2.24, 2.45) is 0 Å². The minimum atomic E-state index is -0.135. The van der Waals surface area contributed by atoms with Gasteiger partial charge in [0.05, 0.1) is 10.2 Å². The lowest BCUT2D eigenvalue weighted by atomic mass is 10.1. The predicted octanol–water partition coefficient (Wildman–Crippen LogP) is 1.89. The highest BCUT2D eigenvalue weighted by atomic mass is 32.1. The number of hydrogen-bond acceptors (Lipinski definition) is 5. The Balaban J connectivity index is 1.77. The first kappa shape index (κ1) is 12.1. The highest BCUT2D eigenvalue weighted by Gasteiger charge is 2.41.